The lowest BCUT2D eigenvalue weighted by molar-refractivity contribution is -0.130. The van der Waals surface area contributed by atoms with Crippen LogP contribution >= 0.6 is 0 Å². The number of para-hydroxylation sites is 1. The summed E-state index contributed by atoms with van der Waals surface area (Å²) in [6, 6.07) is 23.2. The summed E-state index contributed by atoms with van der Waals surface area (Å²) in [5.74, 6) is -0.248. The first-order valence-corrected chi connectivity index (χ1v) is 13.3. The van der Waals surface area contributed by atoms with Crippen molar-refractivity contribution in [2.45, 2.75) is 26.4 Å². The van der Waals surface area contributed by atoms with Gasteiger partial charge in [-0.2, -0.15) is 0 Å². The van der Waals surface area contributed by atoms with Crippen molar-refractivity contribution in [1.29, 1.82) is 0 Å². The summed E-state index contributed by atoms with van der Waals surface area (Å²) >= 11 is 0. The maximum Gasteiger partial charge on any atom is 0.412 e. The number of nitrogens with one attached hydrogen (secondary N) is 2. The maximum absolute atomic E-state index is 12.9. The molecule has 0 aromatic heterocycles. The minimum Gasteiger partial charge on any atom is -0.495 e. The summed E-state index contributed by atoms with van der Waals surface area (Å²) in [5, 5.41) is 5.32. The van der Waals surface area contributed by atoms with E-state index in [0.717, 1.165) is 16.8 Å². The number of carbonyl (C=O) groups excluding carboxylic acids is 3. The second-order valence-corrected chi connectivity index (χ2v) is 10.5. The lowest BCUT2D eigenvalue weighted by Crippen LogP contribution is -2.51. The Morgan fingerprint density at radius 2 is 1.55 bits per heavy atom. The highest BCUT2D eigenvalue weighted by molar-refractivity contribution is 5.98. The van der Waals surface area contributed by atoms with Crippen molar-refractivity contribution < 1.29 is 23.9 Å². The summed E-state index contributed by atoms with van der Waals surface area (Å²) in [7, 11) is 1.44. The minimum atomic E-state index is -0.650. The van der Waals surface area contributed by atoms with E-state index in [1.54, 1.807) is 37.8 Å². The van der Waals surface area contributed by atoms with E-state index in [9.17, 15) is 14.4 Å². The van der Waals surface area contributed by atoms with Crippen LogP contribution in [0.1, 0.15) is 31.1 Å². The van der Waals surface area contributed by atoms with Gasteiger partial charge < -0.3 is 24.6 Å². The van der Waals surface area contributed by atoms with Crippen LogP contribution in [0.25, 0.3) is 11.1 Å². The molecule has 0 bridgehead atoms. The van der Waals surface area contributed by atoms with Crippen LogP contribution in [-0.2, 0) is 9.53 Å². The fourth-order valence-corrected chi connectivity index (χ4v) is 4.53. The van der Waals surface area contributed by atoms with E-state index < -0.39 is 17.6 Å². The monoisotopic (exact) mass is 544 g/mol. The average molecular weight is 545 g/mol. The van der Waals surface area contributed by atoms with Crippen LogP contribution in [-0.4, -0.2) is 68.2 Å². The molecule has 0 aliphatic carbocycles. The highest BCUT2D eigenvalue weighted by atomic mass is 16.6. The van der Waals surface area contributed by atoms with Crippen molar-refractivity contribution in [3.63, 3.8) is 0 Å². The molecule has 1 aliphatic heterocycles. The molecule has 1 fully saturated rings. The Kier molecular flexibility index (Phi) is 8.93. The Morgan fingerprint density at radius 3 is 2.23 bits per heavy atom. The largest absolute Gasteiger partial charge is 0.495 e. The summed E-state index contributed by atoms with van der Waals surface area (Å²) in [4.78, 5) is 41.8. The molecule has 1 saturated heterocycles. The molecule has 1 aliphatic rings. The van der Waals surface area contributed by atoms with Crippen LogP contribution in [0, 0.1) is 0 Å². The summed E-state index contributed by atoms with van der Waals surface area (Å²) in [6.45, 7) is 7.73. The highest BCUT2D eigenvalue weighted by Gasteiger charge is 2.24. The van der Waals surface area contributed by atoms with Gasteiger partial charge in [-0.25, -0.2) is 4.79 Å². The number of nitrogens with zero attached hydrogens (tertiary/aromatic N) is 2. The number of anilines is 2. The molecule has 0 saturated carbocycles. The fraction of sp³-hybridized carbons (Fsp3) is 0.323. The van der Waals surface area contributed by atoms with Gasteiger partial charge in [-0.1, -0.05) is 48.5 Å². The molecule has 1 heterocycles. The lowest BCUT2D eigenvalue weighted by Gasteiger charge is -2.37. The first kappa shape index (κ1) is 28.5. The van der Waals surface area contributed by atoms with Gasteiger partial charge in [-0.05, 0) is 50.6 Å². The molecule has 0 spiro atoms. The van der Waals surface area contributed by atoms with Gasteiger partial charge in [-0.3, -0.25) is 14.9 Å². The van der Waals surface area contributed by atoms with E-state index in [-0.39, 0.29) is 12.5 Å². The Balaban J connectivity index is 1.31. The van der Waals surface area contributed by atoms with E-state index in [2.05, 4.69) is 39.8 Å². The number of amides is 3. The SMILES string of the molecule is COc1cc(C(=O)NCC(=O)N2CCN(c3ccccc3-c3ccccc3)CC2)ccc1NC(=O)OC(C)(C)C. The summed E-state index contributed by atoms with van der Waals surface area (Å²) in [6.07, 6.45) is -0.628. The van der Waals surface area contributed by atoms with Crippen LogP contribution in [0.3, 0.4) is 0 Å². The molecule has 9 nitrogen and oxygen atoms in total. The van der Waals surface area contributed by atoms with E-state index in [0.29, 0.717) is 43.2 Å². The van der Waals surface area contributed by atoms with E-state index >= 15 is 0 Å². The topological polar surface area (TPSA) is 100 Å². The number of methoxy groups -OCH3 is 1. The van der Waals surface area contributed by atoms with Crippen LogP contribution in [0.2, 0.25) is 0 Å². The second-order valence-electron chi connectivity index (χ2n) is 10.5. The van der Waals surface area contributed by atoms with Crippen molar-refractivity contribution in [1.82, 2.24) is 10.2 Å². The molecule has 2 N–H and O–H groups in total. The average Bonchev–Trinajstić information content (AvgIpc) is 2.95. The third kappa shape index (κ3) is 7.31. The van der Waals surface area contributed by atoms with Gasteiger partial charge in [0.25, 0.3) is 5.91 Å². The molecule has 3 aromatic carbocycles. The lowest BCUT2D eigenvalue weighted by atomic mass is 10.0. The zero-order chi connectivity index (χ0) is 28.7. The Bertz CT molecular complexity index is 1350. The van der Waals surface area contributed by atoms with Gasteiger partial charge in [0.2, 0.25) is 5.91 Å². The predicted octanol–water partition coefficient (Wildman–Crippen LogP) is 4.79. The zero-order valence-corrected chi connectivity index (χ0v) is 23.4. The first-order chi connectivity index (χ1) is 19.1. The van der Waals surface area contributed by atoms with Gasteiger partial charge >= 0.3 is 6.09 Å². The smallest absolute Gasteiger partial charge is 0.412 e. The van der Waals surface area contributed by atoms with Crippen molar-refractivity contribution in [3.05, 3.63) is 78.4 Å². The highest BCUT2D eigenvalue weighted by Crippen LogP contribution is 2.31. The molecule has 9 heteroatoms. The Hall–Kier alpha value is -4.53. The molecular weight excluding hydrogens is 508 g/mol. The molecule has 210 valence electrons. The third-order valence-corrected chi connectivity index (χ3v) is 6.46. The number of piperazine rings is 1. The normalized spacial score (nSPS) is 13.4. The molecule has 3 amide bonds. The molecule has 4 rings (SSSR count). The third-order valence-electron chi connectivity index (χ3n) is 6.46. The minimum absolute atomic E-state index is 0.111. The number of carbonyl (C=O) groups is 3. The molecule has 0 atom stereocenters. The number of ether oxygens (including phenoxy) is 2. The van der Waals surface area contributed by atoms with Crippen LogP contribution in [0.15, 0.2) is 72.8 Å². The number of benzene rings is 3. The number of hydrogen-bond donors (Lipinski definition) is 2. The predicted molar refractivity (Wildman–Crippen MR) is 156 cm³/mol. The molecule has 40 heavy (non-hydrogen) atoms. The van der Waals surface area contributed by atoms with Gasteiger partial charge in [0, 0.05) is 43.0 Å². The standard InChI is InChI=1S/C31H36N4O5/c1-31(2,3)40-30(38)33-25-15-14-23(20-27(25)39-4)29(37)32-21-28(36)35-18-16-34(17-19-35)26-13-9-8-12-24(26)22-10-6-5-7-11-22/h5-15,20H,16-19,21H2,1-4H3,(H,32,37)(H,33,38). The Labute approximate surface area is 235 Å². The van der Waals surface area contributed by atoms with Gasteiger partial charge in [0.1, 0.15) is 11.4 Å². The van der Waals surface area contributed by atoms with Gasteiger partial charge in [0.05, 0.1) is 19.3 Å². The van der Waals surface area contributed by atoms with Gasteiger partial charge in [-0.15, -0.1) is 0 Å². The maximum atomic E-state index is 12.9. The molecular formula is C31H36N4O5. The van der Waals surface area contributed by atoms with Crippen molar-refractivity contribution >= 4 is 29.3 Å². The van der Waals surface area contributed by atoms with E-state index in [1.807, 2.05) is 30.3 Å². The summed E-state index contributed by atoms with van der Waals surface area (Å²) < 4.78 is 10.6. The van der Waals surface area contributed by atoms with Crippen LogP contribution in [0.5, 0.6) is 5.75 Å². The quantitative estimate of drug-likeness (QED) is 0.444. The number of hydrogen-bond acceptors (Lipinski definition) is 6. The van der Waals surface area contributed by atoms with Crippen LogP contribution in [0.4, 0.5) is 16.2 Å². The summed E-state index contributed by atoms with van der Waals surface area (Å²) in [5.41, 5.74) is 3.50. The zero-order valence-electron chi connectivity index (χ0n) is 23.4. The van der Waals surface area contributed by atoms with E-state index in [1.165, 1.54) is 13.2 Å². The second kappa shape index (κ2) is 12.5. The first-order valence-electron chi connectivity index (χ1n) is 13.3. The van der Waals surface area contributed by atoms with E-state index in [4.69, 9.17) is 9.47 Å². The van der Waals surface area contributed by atoms with Crippen molar-refractivity contribution in [2.24, 2.45) is 0 Å². The number of rotatable bonds is 7. The van der Waals surface area contributed by atoms with Gasteiger partial charge in [0.15, 0.2) is 0 Å². The fourth-order valence-electron chi connectivity index (χ4n) is 4.53. The van der Waals surface area contributed by atoms with Crippen LogP contribution < -0.4 is 20.3 Å². The van der Waals surface area contributed by atoms with Crippen molar-refractivity contribution in [2.75, 3.05) is 50.1 Å². The van der Waals surface area contributed by atoms with Crippen molar-refractivity contribution in [3.8, 4) is 16.9 Å². The Morgan fingerprint density at radius 1 is 0.875 bits per heavy atom. The molecule has 3 aromatic rings. The molecule has 0 radical (unpaired) electrons. The molecule has 0 unspecified atom stereocenters.